The number of likely N-dealkylation sites (tertiary alicyclic amines) is 2. The van der Waals surface area contributed by atoms with E-state index in [0.29, 0.717) is 31.5 Å². The monoisotopic (exact) mass is 552 g/mol. The fraction of sp³-hybridized carbons (Fsp3) is 0.536. The Labute approximate surface area is 233 Å². The zero-order chi connectivity index (χ0) is 29.0. The Balaban J connectivity index is 1.36. The first-order chi connectivity index (χ1) is 19.1. The lowest BCUT2D eigenvalue weighted by atomic mass is 10.0. The quantitative estimate of drug-likeness (QED) is 0.195. The molecule has 0 radical (unpaired) electrons. The predicted molar refractivity (Wildman–Crippen MR) is 151 cm³/mol. The Morgan fingerprint density at radius 3 is 2.58 bits per heavy atom. The fourth-order valence-corrected chi connectivity index (χ4v) is 5.88. The fourth-order valence-electron chi connectivity index (χ4n) is 5.88. The van der Waals surface area contributed by atoms with Crippen LogP contribution in [0.25, 0.3) is 10.9 Å². The van der Waals surface area contributed by atoms with Gasteiger partial charge in [0.15, 0.2) is 0 Å². The molecule has 4 rings (SSSR count). The number of aryl methyl sites for hydroxylation is 2. The number of aromatic nitrogens is 1. The maximum Gasteiger partial charge on any atom is 0.245 e. The highest BCUT2D eigenvalue weighted by molar-refractivity contribution is 5.98. The molecule has 216 valence electrons. The highest BCUT2D eigenvalue weighted by Crippen LogP contribution is 2.26. The van der Waals surface area contributed by atoms with E-state index in [1.807, 2.05) is 23.1 Å². The molecule has 4 amide bonds. The second-order valence-electron chi connectivity index (χ2n) is 10.7. The number of nitrogens with zero attached hydrogens (tertiary/aromatic N) is 3. The van der Waals surface area contributed by atoms with Crippen molar-refractivity contribution >= 4 is 40.4 Å². The van der Waals surface area contributed by atoms with Gasteiger partial charge in [0.1, 0.15) is 11.9 Å². The summed E-state index contributed by atoms with van der Waals surface area (Å²) in [7, 11) is 0. The van der Waals surface area contributed by atoms with Gasteiger partial charge in [-0.15, -0.1) is 0 Å². The number of fused-ring (bicyclic) bond motifs is 1. The molecule has 2 aliphatic heterocycles. The summed E-state index contributed by atoms with van der Waals surface area (Å²) in [6, 6.07) is 6.20. The molecule has 3 heterocycles. The molecule has 8 N–H and O–H groups in total. The molecule has 40 heavy (non-hydrogen) atoms. The summed E-state index contributed by atoms with van der Waals surface area (Å²) in [4.78, 5) is 53.2. The Bertz CT molecular complexity index is 1300. The molecule has 0 spiro atoms. The molecule has 2 saturated heterocycles. The second kappa shape index (κ2) is 12.5. The minimum atomic E-state index is -1.11. The van der Waals surface area contributed by atoms with Gasteiger partial charge in [0, 0.05) is 42.5 Å². The summed E-state index contributed by atoms with van der Waals surface area (Å²) in [5.41, 5.74) is 19.3. The summed E-state index contributed by atoms with van der Waals surface area (Å²) < 4.78 is 2.24. The summed E-state index contributed by atoms with van der Waals surface area (Å²) in [6.07, 6.45) is 4.28. The van der Waals surface area contributed by atoms with Crippen molar-refractivity contribution in [2.24, 2.45) is 17.2 Å². The molecule has 3 atom stereocenters. The summed E-state index contributed by atoms with van der Waals surface area (Å²) in [6.45, 7) is 3.97. The molecule has 12 heteroatoms. The van der Waals surface area contributed by atoms with Gasteiger partial charge in [0.05, 0.1) is 19.0 Å². The minimum absolute atomic E-state index is 0.0223. The molecule has 0 saturated carbocycles. The van der Waals surface area contributed by atoms with Crippen molar-refractivity contribution < 1.29 is 19.2 Å². The number of hydrogen-bond acceptors (Lipinski definition) is 6. The number of nitrogens with one attached hydrogen (secondary N) is 2. The number of nitrogen functional groups attached to an aromatic ring is 1. The molecule has 2 aromatic rings. The normalized spacial score (nSPS) is 20.1. The third-order valence-electron chi connectivity index (χ3n) is 8.01. The van der Waals surface area contributed by atoms with Gasteiger partial charge in [-0.2, -0.15) is 0 Å². The van der Waals surface area contributed by atoms with Crippen LogP contribution in [0.1, 0.15) is 56.7 Å². The van der Waals surface area contributed by atoms with Gasteiger partial charge in [0.2, 0.25) is 23.6 Å². The van der Waals surface area contributed by atoms with E-state index in [1.165, 1.54) is 10.6 Å². The van der Waals surface area contributed by atoms with Crippen molar-refractivity contribution in [3.05, 3.63) is 35.5 Å². The molecule has 0 unspecified atom stereocenters. The number of carbonyl (C=O) groups is 4. The van der Waals surface area contributed by atoms with E-state index in [1.54, 1.807) is 0 Å². The number of hydrogen-bond donors (Lipinski definition) is 5. The highest BCUT2D eigenvalue weighted by Gasteiger charge is 2.35. The first kappa shape index (κ1) is 29.1. The number of primary amides is 1. The van der Waals surface area contributed by atoms with Crippen molar-refractivity contribution in [3.63, 3.8) is 0 Å². The van der Waals surface area contributed by atoms with Gasteiger partial charge in [-0.1, -0.05) is 12.1 Å². The summed E-state index contributed by atoms with van der Waals surface area (Å²) >= 11 is 0. The van der Waals surface area contributed by atoms with E-state index >= 15 is 0 Å². The van der Waals surface area contributed by atoms with Crippen molar-refractivity contribution in [3.8, 4) is 0 Å². The lowest BCUT2D eigenvalue weighted by molar-refractivity contribution is -0.145. The van der Waals surface area contributed by atoms with E-state index in [-0.39, 0.29) is 36.7 Å². The first-order valence-corrected chi connectivity index (χ1v) is 14.0. The third-order valence-corrected chi connectivity index (χ3v) is 8.01. The number of benzene rings is 1. The van der Waals surface area contributed by atoms with Crippen LogP contribution in [0.2, 0.25) is 0 Å². The van der Waals surface area contributed by atoms with Gasteiger partial charge >= 0.3 is 0 Å². The molecule has 12 nitrogen and oxygen atoms in total. The van der Waals surface area contributed by atoms with Crippen LogP contribution in [0.4, 0.5) is 0 Å². The SMILES string of the molecule is CCn1c(CC[C@@H]2CCCN2C(=O)CN2CCC[C@H](NC(=O)C[C@@H](N)C(N)=O)C2=O)cc2ccc(C(=N)N)cc21. The number of nitrogens with two attached hydrogens (primary N) is 3. The smallest absolute Gasteiger partial charge is 0.245 e. The lowest BCUT2D eigenvalue weighted by Gasteiger charge is -2.34. The topological polar surface area (TPSA) is 194 Å². The maximum atomic E-state index is 13.3. The summed E-state index contributed by atoms with van der Waals surface area (Å²) in [5.74, 6) is -1.63. The maximum absolute atomic E-state index is 13.3. The van der Waals surface area contributed by atoms with E-state index in [0.717, 1.165) is 43.1 Å². The summed E-state index contributed by atoms with van der Waals surface area (Å²) in [5, 5.41) is 11.5. The Hall–Kier alpha value is -3.93. The van der Waals surface area contributed by atoms with Gasteiger partial charge in [-0.3, -0.25) is 24.6 Å². The Morgan fingerprint density at radius 2 is 1.88 bits per heavy atom. The number of rotatable bonds is 11. The molecule has 0 aliphatic carbocycles. The van der Waals surface area contributed by atoms with Gasteiger partial charge < -0.3 is 36.9 Å². The number of piperidine rings is 1. The van der Waals surface area contributed by atoms with E-state index in [2.05, 4.69) is 22.9 Å². The van der Waals surface area contributed by atoms with Crippen LogP contribution >= 0.6 is 0 Å². The molecule has 1 aromatic heterocycles. The van der Waals surface area contributed by atoms with Crippen molar-refractivity contribution in [1.29, 1.82) is 5.41 Å². The van der Waals surface area contributed by atoms with Gasteiger partial charge in [-0.05, 0) is 63.0 Å². The van der Waals surface area contributed by atoms with Crippen LogP contribution in [0.3, 0.4) is 0 Å². The van der Waals surface area contributed by atoms with E-state index < -0.39 is 23.9 Å². The third kappa shape index (κ3) is 6.44. The van der Waals surface area contributed by atoms with E-state index in [4.69, 9.17) is 22.6 Å². The van der Waals surface area contributed by atoms with Gasteiger partial charge in [0.25, 0.3) is 0 Å². The Morgan fingerprint density at radius 1 is 1.12 bits per heavy atom. The lowest BCUT2D eigenvalue weighted by Crippen LogP contribution is -2.55. The average Bonchev–Trinajstić information content (AvgIpc) is 3.53. The van der Waals surface area contributed by atoms with Crippen LogP contribution < -0.4 is 22.5 Å². The largest absolute Gasteiger partial charge is 0.384 e. The minimum Gasteiger partial charge on any atom is -0.384 e. The predicted octanol–water partition coefficient (Wildman–Crippen LogP) is 0.179. The molecule has 0 bridgehead atoms. The second-order valence-corrected chi connectivity index (χ2v) is 10.7. The van der Waals surface area contributed by atoms with Gasteiger partial charge in [-0.25, -0.2) is 0 Å². The van der Waals surface area contributed by atoms with Crippen molar-refractivity contribution in [1.82, 2.24) is 19.7 Å². The van der Waals surface area contributed by atoms with E-state index in [9.17, 15) is 19.2 Å². The van der Waals surface area contributed by atoms with Crippen LogP contribution in [0, 0.1) is 5.41 Å². The Kier molecular flexibility index (Phi) is 9.08. The molecule has 1 aromatic carbocycles. The standard InChI is InChI=1S/C28H40N8O4/c1-2-35-20(13-17-7-8-18(26(30)31)14-23(17)35)10-9-19-5-3-12-36(19)25(38)16-34-11-4-6-22(28(34)40)33-24(37)15-21(29)27(32)39/h7-8,13-14,19,21-22H,2-6,9-12,15-16,29H2,1H3,(H3,30,31)(H2,32,39)(H,33,37)/t19-,21+,22-/m0/s1. The molecular formula is C28H40N8O4. The number of carbonyl (C=O) groups excluding carboxylic acids is 4. The molecule has 2 fully saturated rings. The molecule has 2 aliphatic rings. The zero-order valence-electron chi connectivity index (χ0n) is 23.0. The van der Waals surface area contributed by atoms with Crippen LogP contribution in [0.15, 0.2) is 24.3 Å². The zero-order valence-corrected chi connectivity index (χ0v) is 23.0. The average molecular weight is 553 g/mol. The molecular weight excluding hydrogens is 512 g/mol. The van der Waals surface area contributed by atoms with Crippen molar-refractivity contribution in [2.45, 2.75) is 76.5 Å². The van der Waals surface area contributed by atoms with Crippen molar-refractivity contribution in [2.75, 3.05) is 19.6 Å². The number of amides is 4. The van der Waals surface area contributed by atoms with Crippen LogP contribution in [0.5, 0.6) is 0 Å². The highest BCUT2D eigenvalue weighted by atomic mass is 16.2. The first-order valence-electron chi connectivity index (χ1n) is 14.0. The van der Waals surface area contributed by atoms with Crippen LogP contribution in [-0.2, 0) is 32.1 Å². The number of amidine groups is 1. The van der Waals surface area contributed by atoms with Crippen LogP contribution in [-0.4, -0.2) is 81.6 Å².